The van der Waals surface area contributed by atoms with Gasteiger partial charge in [0.2, 0.25) is 11.6 Å². The summed E-state index contributed by atoms with van der Waals surface area (Å²) in [7, 11) is 0. The Hall–Kier alpha value is -2.45. The van der Waals surface area contributed by atoms with Gasteiger partial charge >= 0.3 is 0 Å². The van der Waals surface area contributed by atoms with E-state index in [1.165, 1.54) is 11.9 Å². The Kier molecular flexibility index (Phi) is 10.3. The van der Waals surface area contributed by atoms with Gasteiger partial charge in [0.05, 0.1) is 13.2 Å². The average molecular weight is 521 g/mol. The van der Waals surface area contributed by atoms with Crippen molar-refractivity contribution in [2.75, 3.05) is 19.8 Å². The zero-order valence-corrected chi connectivity index (χ0v) is 21.8. The lowest BCUT2D eigenvalue weighted by Crippen LogP contribution is -2.17. The summed E-state index contributed by atoms with van der Waals surface area (Å²) >= 11 is 3.52. The Morgan fingerprint density at radius 3 is 2.36 bits per heavy atom. The zero-order chi connectivity index (χ0) is 24.4. The molecule has 33 heavy (non-hydrogen) atoms. The number of benzene rings is 1. The van der Waals surface area contributed by atoms with Gasteiger partial charge in [0.1, 0.15) is 17.3 Å². The van der Waals surface area contributed by atoms with Crippen LogP contribution in [0.25, 0.3) is 22.2 Å². The van der Waals surface area contributed by atoms with Crippen LogP contribution >= 0.6 is 15.9 Å². The molecule has 0 N–H and O–H groups in total. The summed E-state index contributed by atoms with van der Waals surface area (Å²) in [5, 5.41) is 0.784. The maximum atomic E-state index is 9.60. The number of furan rings is 1. The van der Waals surface area contributed by atoms with Gasteiger partial charge < -0.3 is 18.6 Å². The molecule has 0 aliphatic carbocycles. The van der Waals surface area contributed by atoms with Gasteiger partial charge in [-0.1, -0.05) is 38.1 Å². The molecular formula is C25H33BrN2O5. The summed E-state index contributed by atoms with van der Waals surface area (Å²) in [5.41, 5.74) is 3.43. The standard InChI is InChI=1S/C20H23BrN2O3.C5H10O2/c1-4-14-6-8-15(9-7-14)16-17-19(25-11-13(3)10-24-5-2)22-12-23-20(17)26-18(16)21;1-5(2,3)7-4-6/h6-9,12-13H,4-5,10-11H2,1-3H3;4H,1-3H3. The third kappa shape index (κ3) is 8.12. The molecule has 0 bridgehead atoms. The molecule has 0 saturated heterocycles. The SMILES string of the molecule is CC(C)(C)OC=O.CCOCC(C)COc1ncnc2oc(Br)c(-c3ccc(CC)cc3)c12. The fourth-order valence-electron chi connectivity index (χ4n) is 2.89. The summed E-state index contributed by atoms with van der Waals surface area (Å²) in [6.07, 6.45) is 2.47. The Balaban J connectivity index is 0.000000479. The van der Waals surface area contributed by atoms with Crippen molar-refractivity contribution in [3.8, 4) is 17.0 Å². The highest BCUT2D eigenvalue weighted by Gasteiger charge is 2.21. The molecule has 0 saturated carbocycles. The van der Waals surface area contributed by atoms with Crippen LogP contribution in [0.2, 0.25) is 0 Å². The van der Waals surface area contributed by atoms with Crippen molar-refractivity contribution < 1.29 is 23.4 Å². The summed E-state index contributed by atoms with van der Waals surface area (Å²) in [4.78, 5) is 18.2. The molecule has 2 heterocycles. The highest BCUT2D eigenvalue weighted by atomic mass is 79.9. The third-order valence-electron chi connectivity index (χ3n) is 4.57. The largest absolute Gasteiger partial charge is 0.477 e. The van der Waals surface area contributed by atoms with E-state index in [4.69, 9.17) is 13.9 Å². The van der Waals surface area contributed by atoms with Crippen LogP contribution in [0.1, 0.15) is 47.1 Å². The van der Waals surface area contributed by atoms with E-state index in [0.29, 0.717) is 42.6 Å². The number of hydrogen-bond acceptors (Lipinski definition) is 7. The number of hydrogen-bond donors (Lipinski definition) is 0. The minimum atomic E-state index is -0.318. The first-order valence-electron chi connectivity index (χ1n) is 11.0. The van der Waals surface area contributed by atoms with Crippen LogP contribution in [-0.2, 0) is 20.7 Å². The van der Waals surface area contributed by atoms with Crippen molar-refractivity contribution in [3.63, 3.8) is 0 Å². The Bertz CT molecular complexity index is 1010. The van der Waals surface area contributed by atoms with E-state index in [9.17, 15) is 4.79 Å². The second-order valence-corrected chi connectivity index (χ2v) is 9.28. The topological polar surface area (TPSA) is 83.7 Å². The van der Waals surface area contributed by atoms with Crippen molar-refractivity contribution in [1.82, 2.24) is 9.97 Å². The number of aryl methyl sites for hydroxylation is 1. The summed E-state index contributed by atoms with van der Waals surface area (Å²) < 4.78 is 22.4. The highest BCUT2D eigenvalue weighted by molar-refractivity contribution is 9.10. The van der Waals surface area contributed by atoms with Gasteiger partial charge in [-0.3, -0.25) is 4.79 Å². The fraction of sp³-hybridized carbons (Fsp3) is 0.480. The molecule has 1 unspecified atom stereocenters. The van der Waals surface area contributed by atoms with Gasteiger partial charge in [0.15, 0.2) is 4.67 Å². The first-order chi connectivity index (χ1) is 15.7. The number of nitrogens with zero attached hydrogens (tertiary/aromatic N) is 2. The van der Waals surface area contributed by atoms with Crippen LogP contribution in [0.3, 0.4) is 0 Å². The molecule has 7 nitrogen and oxygen atoms in total. The van der Waals surface area contributed by atoms with Crippen LogP contribution in [0.15, 0.2) is 39.7 Å². The lowest BCUT2D eigenvalue weighted by molar-refractivity contribution is -0.138. The van der Waals surface area contributed by atoms with E-state index in [1.807, 2.05) is 27.7 Å². The maximum Gasteiger partial charge on any atom is 0.293 e. The lowest BCUT2D eigenvalue weighted by atomic mass is 10.0. The first-order valence-corrected chi connectivity index (χ1v) is 11.8. The number of carbonyl (C=O) groups is 1. The molecule has 1 aromatic carbocycles. The quantitative estimate of drug-likeness (QED) is 0.309. The van der Waals surface area contributed by atoms with Gasteiger partial charge in [-0.25, -0.2) is 9.97 Å². The molecule has 1 atom stereocenters. The van der Waals surface area contributed by atoms with Gasteiger partial charge in [-0.05, 0) is 61.2 Å². The predicted octanol–water partition coefficient (Wildman–Crippen LogP) is 6.22. The first kappa shape index (κ1) is 26.8. The minimum absolute atomic E-state index is 0.266. The van der Waals surface area contributed by atoms with Crippen molar-refractivity contribution >= 4 is 33.5 Å². The van der Waals surface area contributed by atoms with Crippen LogP contribution in [0.5, 0.6) is 5.88 Å². The van der Waals surface area contributed by atoms with Crippen LogP contribution in [-0.4, -0.2) is 41.9 Å². The lowest BCUT2D eigenvalue weighted by Gasteiger charge is -2.14. The number of ether oxygens (including phenoxy) is 3. The van der Waals surface area contributed by atoms with E-state index in [2.05, 4.69) is 68.7 Å². The number of rotatable bonds is 9. The molecule has 3 aromatic rings. The Morgan fingerprint density at radius 2 is 1.82 bits per heavy atom. The van der Waals surface area contributed by atoms with Crippen LogP contribution in [0.4, 0.5) is 0 Å². The molecule has 0 spiro atoms. The molecule has 8 heteroatoms. The van der Waals surface area contributed by atoms with E-state index in [-0.39, 0.29) is 11.5 Å². The second-order valence-electron chi connectivity index (χ2n) is 8.56. The molecule has 0 aliphatic rings. The Labute approximate surface area is 204 Å². The molecule has 0 aliphatic heterocycles. The van der Waals surface area contributed by atoms with Crippen molar-refractivity contribution in [1.29, 1.82) is 0 Å². The predicted molar refractivity (Wildman–Crippen MR) is 132 cm³/mol. The highest BCUT2D eigenvalue weighted by Crippen LogP contribution is 2.41. The Morgan fingerprint density at radius 1 is 1.12 bits per heavy atom. The summed E-state index contributed by atoms with van der Waals surface area (Å²) in [6, 6.07) is 8.41. The number of aromatic nitrogens is 2. The second kappa shape index (κ2) is 12.7. The van der Waals surface area contributed by atoms with Gasteiger partial charge in [0.25, 0.3) is 6.47 Å². The normalized spacial score (nSPS) is 12.1. The summed E-state index contributed by atoms with van der Waals surface area (Å²) in [6.45, 7) is 14.0. The number of fused-ring (bicyclic) bond motifs is 1. The molecule has 0 amide bonds. The van der Waals surface area contributed by atoms with Crippen molar-refractivity contribution in [2.24, 2.45) is 5.92 Å². The van der Waals surface area contributed by atoms with Crippen LogP contribution < -0.4 is 4.74 Å². The molecule has 0 radical (unpaired) electrons. The molecule has 180 valence electrons. The molecule has 3 rings (SSSR count). The third-order valence-corrected chi connectivity index (χ3v) is 5.13. The minimum Gasteiger partial charge on any atom is -0.477 e. The van der Waals surface area contributed by atoms with Gasteiger partial charge in [-0.2, -0.15) is 0 Å². The molecule has 2 aromatic heterocycles. The average Bonchev–Trinajstić information content (AvgIpc) is 3.12. The van der Waals surface area contributed by atoms with Crippen molar-refractivity contribution in [2.45, 2.75) is 53.6 Å². The smallest absolute Gasteiger partial charge is 0.293 e. The van der Waals surface area contributed by atoms with Gasteiger partial charge in [-0.15, -0.1) is 0 Å². The van der Waals surface area contributed by atoms with E-state index in [1.54, 1.807) is 0 Å². The van der Waals surface area contributed by atoms with E-state index in [0.717, 1.165) is 22.9 Å². The fourth-order valence-corrected chi connectivity index (χ4v) is 3.47. The van der Waals surface area contributed by atoms with Gasteiger partial charge in [0, 0.05) is 18.1 Å². The van der Waals surface area contributed by atoms with E-state index < -0.39 is 0 Å². The monoisotopic (exact) mass is 520 g/mol. The summed E-state index contributed by atoms with van der Waals surface area (Å²) in [5.74, 6) is 0.796. The number of halogens is 1. The van der Waals surface area contributed by atoms with E-state index >= 15 is 0 Å². The molecular weight excluding hydrogens is 488 g/mol. The zero-order valence-electron chi connectivity index (χ0n) is 20.2. The maximum absolute atomic E-state index is 9.60. The van der Waals surface area contributed by atoms with Crippen LogP contribution in [0, 0.1) is 5.92 Å². The molecule has 0 fully saturated rings. The van der Waals surface area contributed by atoms with Crippen molar-refractivity contribution in [3.05, 3.63) is 40.8 Å². The number of carbonyl (C=O) groups excluding carboxylic acids is 1.